The summed E-state index contributed by atoms with van der Waals surface area (Å²) >= 11 is 1.74. The molecule has 0 atom stereocenters. The van der Waals surface area contributed by atoms with Crippen LogP contribution in [0.4, 0.5) is 11.5 Å². The zero-order chi connectivity index (χ0) is 18.8. The van der Waals surface area contributed by atoms with E-state index in [4.69, 9.17) is 9.72 Å². The summed E-state index contributed by atoms with van der Waals surface area (Å²) in [6, 6.07) is 8.24. The Morgan fingerprint density at radius 1 is 1.19 bits per heavy atom. The molecule has 2 heterocycles. The standard InChI is InChI=1S/C21H23N3O2S/c1-3-26-18(25)12-17-23-20(22-14-10-8-13(2)9-11-14)19-15-6-4-5-7-16(15)27-21(19)24-17/h8-11H,3-7,12H2,1-2H3,(H,22,23,24). The zero-order valence-corrected chi connectivity index (χ0v) is 16.5. The Bertz CT molecular complexity index is 979. The number of rotatable bonds is 5. The van der Waals surface area contributed by atoms with Crippen molar-refractivity contribution in [3.63, 3.8) is 0 Å². The maximum absolute atomic E-state index is 11.9. The summed E-state index contributed by atoms with van der Waals surface area (Å²) in [5, 5.41) is 4.57. The van der Waals surface area contributed by atoms with Crippen molar-refractivity contribution in [1.29, 1.82) is 0 Å². The second kappa shape index (κ2) is 7.64. The Hall–Kier alpha value is -2.47. The van der Waals surface area contributed by atoms with Crippen LogP contribution in [-0.4, -0.2) is 22.5 Å². The second-order valence-corrected chi connectivity index (χ2v) is 7.94. The van der Waals surface area contributed by atoms with Gasteiger partial charge in [0.15, 0.2) is 0 Å². The Morgan fingerprint density at radius 2 is 1.96 bits per heavy atom. The number of ether oxygens (including phenoxy) is 1. The van der Waals surface area contributed by atoms with E-state index in [2.05, 4.69) is 29.4 Å². The third kappa shape index (κ3) is 3.81. The number of carbonyl (C=O) groups is 1. The van der Waals surface area contributed by atoms with Gasteiger partial charge in [-0.15, -0.1) is 11.3 Å². The SMILES string of the molecule is CCOC(=O)Cc1nc(Nc2ccc(C)cc2)c2c3c(sc2n1)CCCC3. The summed E-state index contributed by atoms with van der Waals surface area (Å²) in [5.41, 5.74) is 3.57. The quantitative estimate of drug-likeness (QED) is 0.648. The lowest BCUT2D eigenvalue weighted by molar-refractivity contribution is -0.142. The van der Waals surface area contributed by atoms with Gasteiger partial charge in [-0.1, -0.05) is 17.7 Å². The van der Waals surface area contributed by atoms with Crippen LogP contribution in [0.3, 0.4) is 0 Å². The number of hydrogen-bond acceptors (Lipinski definition) is 6. The van der Waals surface area contributed by atoms with Crippen LogP contribution in [0.2, 0.25) is 0 Å². The molecular weight excluding hydrogens is 358 g/mol. The molecule has 1 aromatic carbocycles. The van der Waals surface area contributed by atoms with Crippen molar-refractivity contribution in [2.45, 2.75) is 46.0 Å². The summed E-state index contributed by atoms with van der Waals surface area (Å²) in [5.74, 6) is 1.01. The molecule has 0 spiro atoms. The van der Waals surface area contributed by atoms with Gasteiger partial charge in [-0.2, -0.15) is 0 Å². The molecule has 1 N–H and O–H groups in total. The fourth-order valence-corrected chi connectivity index (χ4v) is 4.77. The highest BCUT2D eigenvalue weighted by Gasteiger charge is 2.22. The number of anilines is 2. The van der Waals surface area contributed by atoms with Crippen LogP contribution in [0.25, 0.3) is 10.2 Å². The number of aryl methyl sites for hydroxylation is 3. The van der Waals surface area contributed by atoms with Gasteiger partial charge < -0.3 is 10.1 Å². The molecule has 1 aliphatic rings. The van der Waals surface area contributed by atoms with Crippen LogP contribution in [0, 0.1) is 6.92 Å². The third-order valence-electron chi connectivity index (χ3n) is 4.78. The molecule has 27 heavy (non-hydrogen) atoms. The molecule has 0 saturated heterocycles. The number of benzene rings is 1. The van der Waals surface area contributed by atoms with Gasteiger partial charge in [0.25, 0.3) is 0 Å². The van der Waals surface area contributed by atoms with E-state index in [0.29, 0.717) is 12.4 Å². The van der Waals surface area contributed by atoms with Gasteiger partial charge in [0, 0.05) is 10.6 Å². The van der Waals surface area contributed by atoms with Crippen LogP contribution >= 0.6 is 11.3 Å². The highest BCUT2D eigenvalue weighted by Crippen LogP contribution is 2.39. The molecule has 140 valence electrons. The Morgan fingerprint density at radius 3 is 2.74 bits per heavy atom. The van der Waals surface area contributed by atoms with E-state index in [9.17, 15) is 4.79 Å². The highest BCUT2D eigenvalue weighted by atomic mass is 32.1. The summed E-state index contributed by atoms with van der Waals surface area (Å²) < 4.78 is 5.07. The zero-order valence-electron chi connectivity index (χ0n) is 15.7. The number of aromatic nitrogens is 2. The first-order valence-electron chi connectivity index (χ1n) is 9.44. The largest absolute Gasteiger partial charge is 0.466 e. The Balaban J connectivity index is 1.78. The van der Waals surface area contributed by atoms with Gasteiger partial charge >= 0.3 is 5.97 Å². The van der Waals surface area contributed by atoms with Gasteiger partial charge in [-0.05, 0) is 57.2 Å². The molecule has 0 amide bonds. The average molecular weight is 382 g/mol. The van der Waals surface area contributed by atoms with E-state index >= 15 is 0 Å². The van der Waals surface area contributed by atoms with E-state index < -0.39 is 0 Å². The molecule has 0 unspecified atom stereocenters. The summed E-state index contributed by atoms with van der Waals surface area (Å²) in [6.45, 7) is 4.24. The first-order chi connectivity index (χ1) is 13.1. The van der Waals surface area contributed by atoms with Crippen molar-refractivity contribution >= 4 is 39.0 Å². The molecule has 4 rings (SSSR count). The number of carbonyl (C=O) groups excluding carboxylic acids is 1. The van der Waals surface area contributed by atoms with Crippen molar-refractivity contribution in [1.82, 2.24) is 9.97 Å². The van der Waals surface area contributed by atoms with Gasteiger partial charge in [-0.3, -0.25) is 4.79 Å². The predicted octanol–water partition coefficient (Wildman–Crippen LogP) is 4.73. The average Bonchev–Trinajstić information content (AvgIpc) is 3.02. The number of thiophene rings is 1. The molecule has 0 bridgehead atoms. The number of fused-ring (bicyclic) bond motifs is 3. The lowest BCUT2D eigenvalue weighted by Crippen LogP contribution is -2.11. The maximum atomic E-state index is 11.9. The minimum Gasteiger partial charge on any atom is -0.466 e. The number of esters is 1. The van der Waals surface area contributed by atoms with E-state index in [0.717, 1.165) is 34.6 Å². The van der Waals surface area contributed by atoms with Crippen LogP contribution < -0.4 is 5.32 Å². The minimum absolute atomic E-state index is 0.0922. The van der Waals surface area contributed by atoms with Crippen LogP contribution in [-0.2, 0) is 28.8 Å². The first-order valence-corrected chi connectivity index (χ1v) is 10.3. The lowest BCUT2D eigenvalue weighted by atomic mass is 9.97. The Labute approximate surface area is 162 Å². The molecule has 0 radical (unpaired) electrons. The van der Waals surface area contributed by atoms with Gasteiger partial charge in [0.2, 0.25) is 0 Å². The summed E-state index contributed by atoms with van der Waals surface area (Å²) in [4.78, 5) is 23.7. The van der Waals surface area contributed by atoms with Gasteiger partial charge in [0.1, 0.15) is 22.9 Å². The topological polar surface area (TPSA) is 64.1 Å². The maximum Gasteiger partial charge on any atom is 0.313 e. The molecule has 1 aliphatic carbocycles. The highest BCUT2D eigenvalue weighted by molar-refractivity contribution is 7.19. The molecule has 0 fully saturated rings. The normalized spacial score (nSPS) is 13.4. The smallest absolute Gasteiger partial charge is 0.313 e. The molecule has 0 saturated carbocycles. The lowest BCUT2D eigenvalue weighted by Gasteiger charge is -2.13. The molecular formula is C21H23N3O2S. The summed E-state index contributed by atoms with van der Waals surface area (Å²) in [6.07, 6.45) is 4.69. The summed E-state index contributed by atoms with van der Waals surface area (Å²) in [7, 11) is 0. The minimum atomic E-state index is -0.292. The van der Waals surface area contributed by atoms with E-state index in [1.54, 1.807) is 18.3 Å². The van der Waals surface area contributed by atoms with Crippen molar-refractivity contribution in [3.05, 3.63) is 46.1 Å². The number of nitrogens with zero attached hydrogens (tertiary/aromatic N) is 2. The van der Waals surface area contributed by atoms with E-state index in [-0.39, 0.29) is 12.4 Å². The first kappa shape index (κ1) is 17.9. The second-order valence-electron chi connectivity index (χ2n) is 6.85. The molecule has 5 nitrogen and oxygen atoms in total. The van der Waals surface area contributed by atoms with Gasteiger partial charge in [-0.25, -0.2) is 9.97 Å². The van der Waals surface area contributed by atoms with Crippen molar-refractivity contribution in [2.24, 2.45) is 0 Å². The van der Waals surface area contributed by atoms with Crippen molar-refractivity contribution in [3.8, 4) is 0 Å². The van der Waals surface area contributed by atoms with E-state index in [1.807, 2.05) is 12.1 Å². The Kier molecular flexibility index (Phi) is 5.07. The number of hydrogen-bond donors (Lipinski definition) is 1. The van der Waals surface area contributed by atoms with Gasteiger partial charge in [0.05, 0.1) is 12.0 Å². The fraction of sp³-hybridized carbons (Fsp3) is 0.381. The van der Waals surface area contributed by atoms with Crippen LogP contribution in [0.1, 0.15) is 41.6 Å². The molecule has 2 aromatic heterocycles. The van der Waals surface area contributed by atoms with E-state index in [1.165, 1.54) is 28.8 Å². The molecule has 6 heteroatoms. The monoisotopic (exact) mass is 381 g/mol. The number of nitrogens with one attached hydrogen (secondary N) is 1. The predicted molar refractivity (Wildman–Crippen MR) is 109 cm³/mol. The van der Waals surface area contributed by atoms with Crippen LogP contribution in [0.5, 0.6) is 0 Å². The van der Waals surface area contributed by atoms with Crippen LogP contribution in [0.15, 0.2) is 24.3 Å². The van der Waals surface area contributed by atoms with Crippen molar-refractivity contribution < 1.29 is 9.53 Å². The fourth-order valence-electron chi connectivity index (χ4n) is 3.49. The van der Waals surface area contributed by atoms with Crippen molar-refractivity contribution in [2.75, 3.05) is 11.9 Å². The molecule has 3 aromatic rings. The molecule has 0 aliphatic heterocycles. The third-order valence-corrected chi connectivity index (χ3v) is 5.97.